The average Bonchev–Trinajstić information content (AvgIpc) is 2.70. The van der Waals surface area contributed by atoms with Crippen LogP contribution < -0.4 is 5.32 Å². The zero-order valence-corrected chi connectivity index (χ0v) is 10.1. The highest BCUT2D eigenvalue weighted by Crippen LogP contribution is 2.33. The van der Waals surface area contributed by atoms with Crippen molar-refractivity contribution in [2.45, 2.75) is 0 Å². The van der Waals surface area contributed by atoms with E-state index in [-0.39, 0.29) is 5.57 Å². The van der Waals surface area contributed by atoms with Crippen molar-refractivity contribution in [3.63, 3.8) is 0 Å². The SMILES string of the molecule is O=C1Nc2ccc(F)cc2/C1=C\c1ccc(F)c(F)c1. The van der Waals surface area contributed by atoms with Crippen LogP contribution in [0.1, 0.15) is 11.1 Å². The maximum atomic E-state index is 13.2. The van der Waals surface area contributed by atoms with Crippen molar-refractivity contribution < 1.29 is 18.0 Å². The van der Waals surface area contributed by atoms with Crippen LogP contribution >= 0.6 is 0 Å². The van der Waals surface area contributed by atoms with Gasteiger partial charge in [0.15, 0.2) is 11.6 Å². The molecule has 0 radical (unpaired) electrons. The van der Waals surface area contributed by atoms with Crippen molar-refractivity contribution in [1.29, 1.82) is 0 Å². The number of anilines is 1. The lowest BCUT2D eigenvalue weighted by molar-refractivity contribution is -0.110. The Morgan fingerprint density at radius 3 is 2.50 bits per heavy atom. The maximum absolute atomic E-state index is 13.2. The Balaban J connectivity index is 2.10. The summed E-state index contributed by atoms with van der Waals surface area (Å²) < 4.78 is 39.2. The quantitative estimate of drug-likeness (QED) is 0.792. The number of carbonyl (C=O) groups is 1. The smallest absolute Gasteiger partial charge is 0.256 e. The monoisotopic (exact) mass is 275 g/mol. The number of hydrogen-bond acceptors (Lipinski definition) is 1. The summed E-state index contributed by atoms with van der Waals surface area (Å²) in [6.45, 7) is 0. The minimum atomic E-state index is -1.00. The van der Waals surface area contributed by atoms with E-state index in [2.05, 4.69) is 5.32 Å². The summed E-state index contributed by atoms with van der Waals surface area (Å²) in [5.74, 6) is -2.85. The fourth-order valence-electron chi connectivity index (χ4n) is 2.07. The topological polar surface area (TPSA) is 29.1 Å². The van der Waals surface area contributed by atoms with Gasteiger partial charge in [0, 0.05) is 16.8 Å². The molecule has 1 amide bonds. The van der Waals surface area contributed by atoms with Gasteiger partial charge in [-0.05, 0) is 42.0 Å². The second-order valence-corrected chi connectivity index (χ2v) is 4.38. The average molecular weight is 275 g/mol. The first kappa shape index (κ1) is 12.5. The molecule has 3 rings (SSSR count). The Morgan fingerprint density at radius 1 is 0.950 bits per heavy atom. The second kappa shape index (κ2) is 4.52. The number of halogens is 3. The predicted octanol–water partition coefficient (Wildman–Crippen LogP) is 3.60. The lowest BCUT2D eigenvalue weighted by Crippen LogP contribution is -2.03. The molecule has 2 aromatic rings. The number of amides is 1. The van der Waals surface area contributed by atoms with Gasteiger partial charge in [-0.2, -0.15) is 0 Å². The molecule has 2 aromatic carbocycles. The molecular formula is C15H8F3NO. The second-order valence-electron chi connectivity index (χ2n) is 4.38. The van der Waals surface area contributed by atoms with Gasteiger partial charge in [0.1, 0.15) is 5.82 Å². The molecule has 1 heterocycles. The third-order valence-electron chi connectivity index (χ3n) is 3.02. The molecule has 2 nitrogen and oxygen atoms in total. The fraction of sp³-hybridized carbons (Fsp3) is 0. The number of fused-ring (bicyclic) bond motifs is 1. The molecule has 0 aliphatic carbocycles. The molecule has 0 saturated heterocycles. The lowest BCUT2D eigenvalue weighted by Gasteiger charge is -2.00. The van der Waals surface area contributed by atoms with Gasteiger partial charge in [0.25, 0.3) is 5.91 Å². The third kappa shape index (κ3) is 2.07. The Hall–Kier alpha value is -2.56. The van der Waals surface area contributed by atoms with Gasteiger partial charge in [0.2, 0.25) is 0 Å². The molecule has 0 aromatic heterocycles. The normalized spacial score (nSPS) is 15.3. The molecule has 0 bridgehead atoms. The molecule has 0 fully saturated rings. The molecule has 20 heavy (non-hydrogen) atoms. The van der Waals surface area contributed by atoms with E-state index in [4.69, 9.17) is 0 Å². The van der Waals surface area contributed by atoms with Gasteiger partial charge in [0.05, 0.1) is 0 Å². The molecule has 0 atom stereocenters. The number of rotatable bonds is 1. The highest BCUT2D eigenvalue weighted by molar-refractivity contribution is 6.34. The van der Waals surface area contributed by atoms with Crippen LogP contribution in [-0.4, -0.2) is 5.91 Å². The van der Waals surface area contributed by atoms with E-state index in [1.807, 2.05) is 0 Å². The molecule has 0 saturated carbocycles. The Labute approximate surface area is 112 Å². The van der Waals surface area contributed by atoms with E-state index >= 15 is 0 Å². The van der Waals surface area contributed by atoms with Crippen LogP contribution in [0.25, 0.3) is 11.6 Å². The standard InChI is InChI=1S/C15H8F3NO/c16-9-2-4-14-10(7-9)11(15(20)19-14)5-8-1-3-12(17)13(18)6-8/h1-7H,(H,19,20)/b11-5+. The summed E-state index contributed by atoms with van der Waals surface area (Å²) in [6.07, 6.45) is 1.39. The van der Waals surface area contributed by atoms with Crippen LogP contribution in [0.5, 0.6) is 0 Å². The van der Waals surface area contributed by atoms with Gasteiger partial charge in [-0.1, -0.05) is 6.07 Å². The zero-order valence-electron chi connectivity index (χ0n) is 10.1. The molecule has 0 spiro atoms. The summed E-state index contributed by atoms with van der Waals surface area (Å²) in [6, 6.07) is 7.21. The molecule has 5 heteroatoms. The van der Waals surface area contributed by atoms with Crippen molar-refractivity contribution in [3.8, 4) is 0 Å². The Bertz CT molecular complexity index is 753. The molecule has 1 aliphatic rings. The van der Waals surface area contributed by atoms with Gasteiger partial charge in [-0.3, -0.25) is 4.79 Å². The first-order valence-electron chi connectivity index (χ1n) is 5.82. The first-order chi connectivity index (χ1) is 9.54. The van der Waals surface area contributed by atoms with E-state index < -0.39 is 23.4 Å². The maximum Gasteiger partial charge on any atom is 0.256 e. The Kier molecular flexibility index (Phi) is 2.82. The first-order valence-corrected chi connectivity index (χ1v) is 5.82. The highest BCUT2D eigenvalue weighted by atomic mass is 19.2. The minimum Gasteiger partial charge on any atom is -0.321 e. The van der Waals surface area contributed by atoms with E-state index in [1.165, 1.54) is 30.3 Å². The van der Waals surface area contributed by atoms with Crippen molar-refractivity contribution in [2.24, 2.45) is 0 Å². The fourth-order valence-corrected chi connectivity index (χ4v) is 2.07. The molecule has 100 valence electrons. The van der Waals surface area contributed by atoms with Crippen LogP contribution in [0.4, 0.5) is 18.9 Å². The molecule has 1 aliphatic heterocycles. The summed E-state index contributed by atoms with van der Waals surface area (Å²) in [5.41, 5.74) is 1.43. The van der Waals surface area contributed by atoms with E-state index in [0.29, 0.717) is 16.8 Å². The zero-order chi connectivity index (χ0) is 14.3. The van der Waals surface area contributed by atoms with Crippen molar-refractivity contribution in [1.82, 2.24) is 0 Å². The summed E-state index contributed by atoms with van der Waals surface area (Å²) >= 11 is 0. The van der Waals surface area contributed by atoms with Gasteiger partial charge >= 0.3 is 0 Å². The van der Waals surface area contributed by atoms with Gasteiger partial charge in [-0.15, -0.1) is 0 Å². The number of hydrogen-bond donors (Lipinski definition) is 1. The molecular weight excluding hydrogens is 267 g/mol. The van der Waals surface area contributed by atoms with E-state index in [1.54, 1.807) is 0 Å². The van der Waals surface area contributed by atoms with Crippen molar-refractivity contribution >= 4 is 23.2 Å². The van der Waals surface area contributed by atoms with Gasteiger partial charge < -0.3 is 5.32 Å². The number of benzene rings is 2. The summed E-state index contributed by atoms with van der Waals surface area (Å²) in [4.78, 5) is 11.8. The Morgan fingerprint density at radius 2 is 1.75 bits per heavy atom. The third-order valence-corrected chi connectivity index (χ3v) is 3.02. The number of carbonyl (C=O) groups excluding carboxylic acids is 1. The van der Waals surface area contributed by atoms with E-state index in [0.717, 1.165) is 12.1 Å². The van der Waals surface area contributed by atoms with Crippen LogP contribution in [-0.2, 0) is 4.79 Å². The lowest BCUT2D eigenvalue weighted by atomic mass is 10.0. The van der Waals surface area contributed by atoms with Crippen LogP contribution in [0.2, 0.25) is 0 Å². The number of nitrogens with one attached hydrogen (secondary N) is 1. The van der Waals surface area contributed by atoms with Crippen molar-refractivity contribution in [2.75, 3.05) is 5.32 Å². The summed E-state index contributed by atoms with van der Waals surface area (Å²) in [7, 11) is 0. The molecule has 1 N–H and O–H groups in total. The highest BCUT2D eigenvalue weighted by Gasteiger charge is 2.24. The predicted molar refractivity (Wildman–Crippen MR) is 69.3 cm³/mol. The van der Waals surface area contributed by atoms with Crippen LogP contribution in [0.3, 0.4) is 0 Å². The van der Waals surface area contributed by atoms with E-state index in [9.17, 15) is 18.0 Å². The van der Waals surface area contributed by atoms with Crippen molar-refractivity contribution in [3.05, 3.63) is 65.0 Å². The van der Waals surface area contributed by atoms with Gasteiger partial charge in [-0.25, -0.2) is 13.2 Å². The summed E-state index contributed by atoms with van der Waals surface area (Å²) in [5, 5.41) is 2.58. The molecule has 0 unspecified atom stereocenters. The minimum absolute atomic E-state index is 0.213. The largest absolute Gasteiger partial charge is 0.321 e. The van der Waals surface area contributed by atoms with Crippen LogP contribution in [0.15, 0.2) is 36.4 Å². The van der Waals surface area contributed by atoms with Crippen LogP contribution in [0, 0.1) is 17.5 Å².